The Labute approximate surface area is 230 Å². The molecule has 0 amide bonds. The van der Waals surface area contributed by atoms with E-state index in [0.29, 0.717) is 15.1 Å². The summed E-state index contributed by atoms with van der Waals surface area (Å²) in [5.74, 6) is 0. The molecule has 6 rings (SSSR count). The molecule has 0 saturated carbocycles. The number of benzene rings is 4. The van der Waals surface area contributed by atoms with Crippen LogP contribution in [0.15, 0.2) is 108 Å². The van der Waals surface area contributed by atoms with Crippen molar-refractivity contribution >= 4 is 68.5 Å². The van der Waals surface area contributed by atoms with Gasteiger partial charge in [0.25, 0.3) is 0 Å². The van der Waals surface area contributed by atoms with Gasteiger partial charge in [0.2, 0.25) is 0 Å². The highest BCUT2D eigenvalue weighted by molar-refractivity contribution is 6.31. The Balaban J connectivity index is 1.34. The smallest absolute Gasteiger partial charge is 0.0831 e. The molecule has 5 aromatic rings. The summed E-state index contributed by atoms with van der Waals surface area (Å²) in [6.07, 6.45) is 2.54. The topological polar surface area (TPSA) is 40.5 Å². The quantitative estimate of drug-likeness (QED) is 0.240. The van der Waals surface area contributed by atoms with Gasteiger partial charge in [0.1, 0.15) is 0 Å². The highest BCUT2D eigenvalue weighted by Crippen LogP contribution is 2.38. The highest BCUT2D eigenvalue weighted by atomic mass is 35.5. The number of aromatic nitrogens is 1. The maximum atomic E-state index is 6.17. The zero-order chi connectivity index (χ0) is 25.4. The summed E-state index contributed by atoms with van der Waals surface area (Å²) in [5.41, 5.74) is 6.97. The maximum absolute atomic E-state index is 6.17. The van der Waals surface area contributed by atoms with Crippen LogP contribution in [0.4, 0.5) is 17.1 Å². The van der Waals surface area contributed by atoms with Gasteiger partial charge in [-0.05, 0) is 83.9 Å². The van der Waals surface area contributed by atoms with Gasteiger partial charge in [0.05, 0.1) is 23.0 Å². The molecular formula is C30H21Cl3N4. The van der Waals surface area contributed by atoms with Crippen molar-refractivity contribution in [2.45, 2.75) is 12.5 Å². The van der Waals surface area contributed by atoms with E-state index in [1.165, 1.54) is 0 Å². The number of hydrazone groups is 1. The molecule has 0 fully saturated rings. The van der Waals surface area contributed by atoms with Crippen LogP contribution in [0.1, 0.15) is 23.6 Å². The van der Waals surface area contributed by atoms with Gasteiger partial charge in [-0.15, -0.1) is 0 Å². The summed E-state index contributed by atoms with van der Waals surface area (Å²) in [7, 11) is 0. The largest absolute Gasteiger partial charge is 0.355 e. The molecule has 4 nitrogen and oxygen atoms in total. The Bertz CT molecular complexity index is 1620. The van der Waals surface area contributed by atoms with Crippen molar-refractivity contribution in [2.75, 3.05) is 10.3 Å². The van der Waals surface area contributed by atoms with Gasteiger partial charge < -0.3 is 5.32 Å². The number of hydrogen-bond donors (Lipinski definition) is 1. The molecule has 7 heteroatoms. The molecular weight excluding hydrogens is 523 g/mol. The van der Waals surface area contributed by atoms with E-state index < -0.39 is 0 Å². The van der Waals surface area contributed by atoms with Crippen molar-refractivity contribution in [3.8, 4) is 0 Å². The van der Waals surface area contributed by atoms with Gasteiger partial charge in [-0.3, -0.25) is 9.99 Å². The lowest BCUT2D eigenvalue weighted by Crippen LogP contribution is -2.18. The Morgan fingerprint density at radius 2 is 1.49 bits per heavy atom. The normalized spacial score (nSPS) is 15.2. The van der Waals surface area contributed by atoms with Gasteiger partial charge >= 0.3 is 0 Å². The van der Waals surface area contributed by atoms with Crippen molar-refractivity contribution in [1.29, 1.82) is 0 Å². The number of halogens is 3. The molecule has 0 bridgehead atoms. The zero-order valence-corrected chi connectivity index (χ0v) is 21.8. The summed E-state index contributed by atoms with van der Waals surface area (Å²) in [4.78, 5) is 4.44. The number of fused-ring (bicyclic) bond motifs is 1. The van der Waals surface area contributed by atoms with E-state index in [1.807, 2.05) is 66.7 Å². The molecule has 1 unspecified atom stereocenters. The van der Waals surface area contributed by atoms with Crippen molar-refractivity contribution < 1.29 is 0 Å². The average Bonchev–Trinajstić information content (AvgIpc) is 3.35. The van der Waals surface area contributed by atoms with Crippen LogP contribution >= 0.6 is 34.8 Å². The van der Waals surface area contributed by atoms with E-state index in [0.717, 1.165) is 51.2 Å². The van der Waals surface area contributed by atoms with E-state index in [9.17, 15) is 0 Å². The van der Waals surface area contributed by atoms with E-state index in [4.69, 9.17) is 39.9 Å². The predicted octanol–water partition coefficient (Wildman–Crippen LogP) is 9.29. The molecule has 1 atom stereocenters. The minimum atomic E-state index is 0.0407. The van der Waals surface area contributed by atoms with Crippen LogP contribution in [0.2, 0.25) is 15.1 Å². The van der Waals surface area contributed by atoms with Crippen LogP contribution in [-0.2, 0) is 0 Å². The van der Waals surface area contributed by atoms with Crippen molar-refractivity contribution in [3.63, 3.8) is 0 Å². The molecule has 2 heterocycles. The third-order valence-corrected chi connectivity index (χ3v) is 7.17. The lowest BCUT2D eigenvalue weighted by atomic mass is 9.98. The molecule has 0 saturated heterocycles. The average molecular weight is 544 g/mol. The number of anilines is 3. The first kappa shape index (κ1) is 23.8. The van der Waals surface area contributed by atoms with E-state index >= 15 is 0 Å². The van der Waals surface area contributed by atoms with Gasteiger partial charge in [-0.25, -0.2) is 0 Å². The Morgan fingerprint density at radius 3 is 2.27 bits per heavy atom. The fourth-order valence-corrected chi connectivity index (χ4v) is 5.04. The number of nitrogens with zero attached hydrogens (tertiary/aromatic N) is 3. The summed E-state index contributed by atoms with van der Waals surface area (Å²) in [6, 6.07) is 31.8. The molecule has 0 aliphatic carbocycles. The van der Waals surface area contributed by atoms with Gasteiger partial charge in [0, 0.05) is 44.4 Å². The van der Waals surface area contributed by atoms with Crippen molar-refractivity contribution in [3.05, 3.63) is 129 Å². The van der Waals surface area contributed by atoms with Crippen LogP contribution in [0.25, 0.3) is 10.9 Å². The standard InChI is InChI=1S/C30H21Cl3N4/c31-21-6-4-19(5-7-21)30-18-28(36-37(30)25-11-8-22(32)9-12-25)20-2-1-3-24(16-20)35-27-14-15-34-29-17-23(33)10-13-26(27)29/h1-17,30H,18H2,(H,34,35). The first-order valence-corrected chi connectivity index (χ1v) is 13.0. The molecule has 1 N–H and O–H groups in total. The number of nitrogens with one attached hydrogen (secondary N) is 1. The molecule has 1 aromatic heterocycles. The lowest BCUT2D eigenvalue weighted by Gasteiger charge is -2.24. The molecule has 1 aliphatic rings. The third kappa shape index (κ3) is 5.01. The lowest BCUT2D eigenvalue weighted by molar-refractivity contribution is 0.709. The Hall–Kier alpha value is -3.57. The van der Waals surface area contributed by atoms with Crippen LogP contribution < -0.4 is 10.3 Å². The van der Waals surface area contributed by atoms with E-state index in [1.54, 1.807) is 6.20 Å². The highest BCUT2D eigenvalue weighted by Gasteiger charge is 2.30. The van der Waals surface area contributed by atoms with Crippen molar-refractivity contribution in [2.24, 2.45) is 5.10 Å². The number of rotatable bonds is 5. The first-order valence-electron chi connectivity index (χ1n) is 11.8. The second kappa shape index (κ2) is 10.1. The molecule has 4 aromatic carbocycles. The van der Waals surface area contributed by atoms with E-state index in [2.05, 4.69) is 45.6 Å². The molecule has 37 heavy (non-hydrogen) atoms. The third-order valence-electron chi connectivity index (χ3n) is 6.44. The molecule has 182 valence electrons. The summed E-state index contributed by atoms with van der Waals surface area (Å²) in [5, 5.41) is 13.8. The summed E-state index contributed by atoms with van der Waals surface area (Å²) < 4.78 is 0. The van der Waals surface area contributed by atoms with E-state index in [-0.39, 0.29) is 6.04 Å². The Kier molecular flexibility index (Phi) is 6.47. The Morgan fingerprint density at radius 1 is 0.757 bits per heavy atom. The van der Waals surface area contributed by atoms with Gasteiger partial charge in [-0.1, -0.05) is 59.1 Å². The fraction of sp³-hybridized carbons (Fsp3) is 0.0667. The molecule has 0 spiro atoms. The minimum absolute atomic E-state index is 0.0407. The first-order chi connectivity index (χ1) is 18.0. The fourth-order valence-electron chi connectivity index (χ4n) is 4.62. The van der Waals surface area contributed by atoms with Crippen LogP contribution in [0.3, 0.4) is 0 Å². The monoisotopic (exact) mass is 542 g/mol. The maximum Gasteiger partial charge on any atom is 0.0831 e. The number of hydrogen-bond acceptors (Lipinski definition) is 4. The predicted molar refractivity (Wildman–Crippen MR) is 156 cm³/mol. The van der Waals surface area contributed by atoms with Crippen LogP contribution in [-0.4, -0.2) is 10.7 Å². The molecule has 1 aliphatic heterocycles. The SMILES string of the molecule is Clc1ccc(C2CC(c3cccc(Nc4ccnc5cc(Cl)ccc45)c3)=NN2c2ccc(Cl)cc2)cc1. The second-order valence-corrected chi connectivity index (χ2v) is 10.2. The van der Waals surface area contributed by atoms with Crippen LogP contribution in [0.5, 0.6) is 0 Å². The van der Waals surface area contributed by atoms with Crippen molar-refractivity contribution in [1.82, 2.24) is 4.98 Å². The minimum Gasteiger partial charge on any atom is -0.355 e. The zero-order valence-electron chi connectivity index (χ0n) is 19.6. The summed E-state index contributed by atoms with van der Waals surface area (Å²) >= 11 is 18.5. The van der Waals surface area contributed by atoms with Gasteiger partial charge in [0.15, 0.2) is 0 Å². The molecule has 0 radical (unpaired) electrons. The van der Waals surface area contributed by atoms with Gasteiger partial charge in [-0.2, -0.15) is 5.10 Å². The summed E-state index contributed by atoms with van der Waals surface area (Å²) in [6.45, 7) is 0. The van der Waals surface area contributed by atoms with Crippen LogP contribution in [0, 0.1) is 0 Å². The number of pyridine rings is 1. The second-order valence-electron chi connectivity index (χ2n) is 8.86.